The predicted molar refractivity (Wildman–Crippen MR) is 51.0 cm³/mol. The molecule has 0 rings (SSSR count). The third-order valence-corrected chi connectivity index (χ3v) is 2.90. The third-order valence-electron chi connectivity index (χ3n) is 1.51. The van der Waals surface area contributed by atoms with Gasteiger partial charge in [0.05, 0.1) is 0 Å². The lowest BCUT2D eigenvalue weighted by molar-refractivity contribution is -0.139. The first-order chi connectivity index (χ1) is 5.86. The smallest absolute Gasteiger partial charge is 0.319 e. The molecule has 0 saturated carbocycles. The van der Waals surface area contributed by atoms with E-state index in [2.05, 4.69) is 0 Å². The lowest BCUT2D eigenvalue weighted by atomic mass is 10.2. The van der Waals surface area contributed by atoms with E-state index in [4.69, 9.17) is 10.2 Å². The molecule has 0 aromatic heterocycles. The summed E-state index contributed by atoms with van der Waals surface area (Å²) < 4.78 is -0.821. The maximum atomic E-state index is 10.6. The van der Waals surface area contributed by atoms with Crippen molar-refractivity contribution in [3.05, 3.63) is 0 Å². The summed E-state index contributed by atoms with van der Waals surface area (Å²) in [6.45, 7) is 3.22. The molecule has 0 bridgehead atoms. The minimum atomic E-state index is -0.868. The Hall–Kier alpha value is -0.710. The largest absolute Gasteiger partial charge is 0.481 e. The van der Waals surface area contributed by atoms with Crippen molar-refractivity contribution in [2.75, 3.05) is 5.75 Å². The second-order valence-corrected chi connectivity index (χ2v) is 4.88. The Morgan fingerprint density at radius 1 is 1.31 bits per heavy atom. The molecule has 0 aliphatic carbocycles. The van der Waals surface area contributed by atoms with Crippen LogP contribution in [0.3, 0.4) is 0 Å². The van der Waals surface area contributed by atoms with Crippen LogP contribution in [0, 0.1) is 0 Å². The van der Waals surface area contributed by atoms with E-state index in [9.17, 15) is 9.59 Å². The zero-order valence-corrected chi connectivity index (χ0v) is 8.56. The van der Waals surface area contributed by atoms with Crippen molar-refractivity contribution >= 4 is 23.7 Å². The fraction of sp³-hybridized carbons (Fsp3) is 0.750. The van der Waals surface area contributed by atoms with Gasteiger partial charge in [-0.05, 0) is 26.0 Å². The maximum absolute atomic E-state index is 10.6. The molecule has 13 heavy (non-hydrogen) atoms. The van der Waals surface area contributed by atoms with Crippen LogP contribution in [0.15, 0.2) is 0 Å². The average Bonchev–Trinajstić information content (AvgIpc) is 1.97. The summed E-state index contributed by atoms with van der Waals surface area (Å²) >= 11 is 1.27. The Morgan fingerprint density at radius 2 is 1.85 bits per heavy atom. The highest BCUT2D eigenvalue weighted by atomic mass is 32.2. The van der Waals surface area contributed by atoms with Gasteiger partial charge in [-0.3, -0.25) is 9.59 Å². The lowest BCUT2D eigenvalue weighted by Crippen LogP contribution is -2.27. The Morgan fingerprint density at radius 3 is 2.23 bits per heavy atom. The Labute approximate surface area is 81.3 Å². The number of carboxylic acid groups (broad SMARTS) is 2. The van der Waals surface area contributed by atoms with Gasteiger partial charge in [-0.1, -0.05) is 0 Å². The molecule has 0 aliphatic heterocycles. The fourth-order valence-electron chi connectivity index (χ4n) is 0.612. The van der Waals surface area contributed by atoms with Gasteiger partial charge in [0.25, 0.3) is 0 Å². The van der Waals surface area contributed by atoms with Gasteiger partial charge in [0, 0.05) is 6.42 Å². The summed E-state index contributed by atoms with van der Waals surface area (Å²) in [4.78, 5) is 20.7. The van der Waals surface area contributed by atoms with Crippen LogP contribution in [-0.2, 0) is 9.59 Å². The number of aliphatic carboxylic acids is 2. The molecule has 5 heteroatoms. The van der Waals surface area contributed by atoms with E-state index in [1.54, 1.807) is 13.8 Å². The van der Waals surface area contributed by atoms with Crippen LogP contribution in [-0.4, -0.2) is 32.7 Å². The molecule has 0 unspecified atom stereocenters. The molecule has 0 aliphatic rings. The molecular formula is C8H14O4S. The van der Waals surface area contributed by atoms with Gasteiger partial charge in [0.2, 0.25) is 0 Å². The molecule has 0 amide bonds. The Balaban J connectivity index is 3.64. The first-order valence-corrected chi connectivity index (χ1v) is 4.94. The van der Waals surface area contributed by atoms with Crippen molar-refractivity contribution in [3.8, 4) is 0 Å². The van der Waals surface area contributed by atoms with Crippen molar-refractivity contribution in [1.82, 2.24) is 0 Å². The highest BCUT2D eigenvalue weighted by Gasteiger charge is 2.26. The van der Waals surface area contributed by atoms with E-state index >= 15 is 0 Å². The van der Waals surface area contributed by atoms with E-state index in [0.29, 0.717) is 12.2 Å². The molecule has 0 saturated heterocycles. The van der Waals surface area contributed by atoms with Gasteiger partial charge in [0.1, 0.15) is 4.75 Å². The second kappa shape index (κ2) is 5.11. The fourth-order valence-corrected chi connectivity index (χ4v) is 1.53. The number of carboxylic acids is 2. The van der Waals surface area contributed by atoms with E-state index in [1.165, 1.54) is 11.8 Å². The molecule has 0 radical (unpaired) electrons. The minimum Gasteiger partial charge on any atom is -0.481 e. The predicted octanol–water partition coefficient (Wildman–Crippen LogP) is 1.45. The van der Waals surface area contributed by atoms with Crippen LogP contribution < -0.4 is 0 Å². The van der Waals surface area contributed by atoms with Gasteiger partial charge in [0.15, 0.2) is 0 Å². The summed E-state index contributed by atoms with van der Waals surface area (Å²) in [6, 6.07) is 0. The molecule has 76 valence electrons. The summed E-state index contributed by atoms with van der Waals surface area (Å²) in [7, 11) is 0. The molecule has 0 aromatic carbocycles. The van der Waals surface area contributed by atoms with Crippen molar-refractivity contribution in [3.63, 3.8) is 0 Å². The summed E-state index contributed by atoms with van der Waals surface area (Å²) in [6.07, 6.45) is 0.611. The van der Waals surface area contributed by atoms with Crippen molar-refractivity contribution in [2.24, 2.45) is 0 Å². The topological polar surface area (TPSA) is 74.6 Å². The molecule has 2 N–H and O–H groups in total. The van der Waals surface area contributed by atoms with Gasteiger partial charge in [-0.15, -0.1) is 11.8 Å². The number of carbonyl (C=O) groups is 2. The molecule has 0 fully saturated rings. The number of thioether (sulfide) groups is 1. The standard InChI is InChI=1S/C8H14O4S/c1-8(2,7(11)12)13-5-3-4-6(9)10/h3-5H2,1-2H3,(H,9,10)(H,11,12). The normalized spacial score (nSPS) is 11.2. The van der Waals surface area contributed by atoms with Crippen LogP contribution in [0.25, 0.3) is 0 Å². The molecule has 0 spiro atoms. The monoisotopic (exact) mass is 206 g/mol. The number of hydrogen-bond donors (Lipinski definition) is 2. The number of hydrogen-bond acceptors (Lipinski definition) is 3. The van der Waals surface area contributed by atoms with E-state index in [1.807, 2.05) is 0 Å². The number of rotatable bonds is 6. The zero-order chi connectivity index (χ0) is 10.5. The third kappa shape index (κ3) is 5.52. The van der Waals surface area contributed by atoms with E-state index in [0.717, 1.165) is 0 Å². The van der Waals surface area contributed by atoms with Gasteiger partial charge in [-0.25, -0.2) is 0 Å². The van der Waals surface area contributed by atoms with Crippen molar-refractivity contribution in [2.45, 2.75) is 31.4 Å². The Bertz CT molecular complexity index is 200. The van der Waals surface area contributed by atoms with Gasteiger partial charge in [-0.2, -0.15) is 0 Å². The van der Waals surface area contributed by atoms with Crippen LogP contribution in [0.5, 0.6) is 0 Å². The minimum absolute atomic E-state index is 0.0999. The molecule has 0 heterocycles. The lowest BCUT2D eigenvalue weighted by Gasteiger charge is -2.17. The van der Waals surface area contributed by atoms with Crippen molar-refractivity contribution < 1.29 is 19.8 Å². The Kier molecular flexibility index (Phi) is 4.83. The summed E-state index contributed by atoms with van der Waals surface area (Å²) in [5.74, 6) is -1.15. The van der Waals surface area contributed by atoms with Crippen LogP contribution in [0.1, 0.15) is 26.7 Å². The quantitative estimate of drug-likeness (QED) is 0.643. The average molecular weight is 206 g/mol. The van der Waals surface area contributed by atoms with Crippen molar-refractivity contribution in [1.29, 1.82) is 0 Å². The SMILES string of the molecule is CC(C)(SCCCC(=O)O)C(=O)O. The second-order valence-electron chi connectivity index (χ2n) is 3.16. The highest BCUT2D eigenvalue weighted by Crippen LogP contribution is 2.25. The first-order valence-electron chi connectivity index (χ1n) is 3.95. The molecular weight excluding hydrogens is 192 g/mol. The van der Waals surface area contributed by atoms with Crippen LogP contribution >= 0.6 is 11.8 Å². The van der Waals surface area contributed by atoms with Crippen LogP contribution in [0.2, 0.25) is 0 Å². The highest BCUT2D eigenvalue weighted by molar-refractivity contribution is 8.01. The molecule has 0 aromatic rings. The molecule has 0 atom stereocenters. The molecule has 4 nitrogen and oxygen atoms in total. The van der Waals surface area contributed by atoms with E-state index in [-0.39, 0.29) is 6.42 Å². The maximum Gasteiger partial charge on any atom is 0.319 e. The van der Waals surface area contributed by atoms with Gasteiger partial charge >= 0.3 is 11.9 Å². The zero-order valence-electron chi connectivity index (χ0n) is 7.74. The van der Waals surface area contributed by atoms with E-state index < -0.39 is 16.7 Å². The summed E-state index contributed by atoms with van der Waals surface area (Å²) in [5.41, 5.74) is 0. The van der Waals surface area contributed by atoms with Gasteiger partial charge < -0.3 is 10.2 Å². The van der Waals surface area contributed by atoms with Crippen LogP contribution in [0.4, 0.5) is 0 Å². The first kappa shape index (κ1) is 12.3. The summed E-state index contributed by atoms with van der Waals surface area (Å²) in [5, 5.41) is 17.0.